The number of amides is 1. The SMILES string of the molecule is O=C(COc1ccc(-c2ccccc2)cc1)NC(Cc1c[nH]c2ccccc12)C(=O)[O-]. The first kappa shape index (κ1) is 20.2. The summed E-state index contributed by atoms with van der Waals surface area (Å²) in [4.78, 5) is 26.9. The van der Waals surface area contributed by atoms with Crippen molar-refractivity contribution >= 4 is 22.8 Å². The van der Waals surface area contributed by atoms with Gasteiger partial charge < -0.3 is 24.9 Å². The molecule has 1 heterocycles. The molecule has 0 saturated heterocycles. The third-order valence-electron chi connectivity index (χ3n) is 5.05. The highest BCUT2D eigenvalue weighted by atomic mass is 16.5. The van der Waals surface area contributed by atoms with Gasteiger partial charge in [-0.2, -0.15) is 0 Å². The Hall–Kier alpha value is -4.06. The Morgan fingerprint density at radius 3 is 2.32 bits per heavy atom. The van der Waals surface area contributed by atoms with Crippen molar-refractivity contribution in [1.82, 2.24) is 10.3 Å². The molecule has 0 radical (unpaired) electrons. The standard InChI is InChI=1S/C25H22N2O4/c28-24(16-31-20-12-10-18(11-13-20)17-6-2-1-3-7-17)27-23(25(29)30)14-19-15-26-22-9-5-4-8-21(19)22/h1-13,15,23,26H,14,16H2,(H,27,28)(H,29,30)/p-1. The van der Waals surface area contributed by atoms with Crippen molar-refractivity contribution in [2.45, 2.75) is 12.5 Å². The Morgan fingerprint density at radius 1 is 0.903 bits per heavy atom. The van der Waals surface area contributed by atoms with Crippen molar-refractivity contribution in [2.75, 3.05) is 6.61 Å². The molecule has 1 amide bonds. The summed E-state index contributed by atoms with van der Waals surface area (Å²) < 4.78 is 5.51. The number of carbonyl (C=O) groups excluding carboxylic acids is 2. The zero-order chi connectivity index (χ0) is 21.6. The molecule has 2 N–H and O–H groups in total. The first-order valence-electron chi connectivity index (χ1n) is 9.93. The number of fused-ring (bicyclic) bond motifs is 1. The van der Waals surface area contributed by atoms with Crippen LogP contribution in [0.15, 0.2) is 85.1 Å². The molecule has 156 valence electrons. The zero-order valence-corrected chi connectivity index (χ0v) is 16.7. The number of benzene rings is 3. The Bertz CT molecular complexity index is 1180. The highest BCUT2D eigenvalue weighted by Gasteiger charge is 2.17. The summed E-state index contributed by atoms with van der Waals surface area (Å²) >= 11 is 0. The molecule has 0 bridgehead atoms. The molecule has 1 atom stereocenters. The van der Waals surface area contributed by atoms with E-state index in [0.717, 1.165) is 27.6 Å². The van der Waals surface area contributed by atoms with Crippen LogP contribution in [0.2, 0.25) is 0 Å². The second-order valence-electron chi connectivity index (χ2n) is 7.18. The highest BCUT2D eigenvalue weighted by Crippen LogP contribution is 2.22. The lowest BCUT2D eigenvalue weighted by molar-refractivity contribution is -0.308. The van der Waals surface area contributed by atoms with Crippen LogP contribution in [0.3, 0.4) is 0 Å². The lowest BCUT2D eigenvalue weighted by atomic mass is 10.1. The molecule has 1 aromatic heterocycles. The van der Waals surface area contributed by atoms with Crippen LogP contribution in [-0.2, 0) is 16.0 Å². The van der Waals surface area contributed by atoms with Gasteiger partial charge in [0.1, 0.15) is 5.75 Å². The summed E-state index contributed by atoms with van der Waals surface area (Å²) in [7, 11) is 0. The molecule has 4 aromatic rings. The van der Waals surface area contributed by atoms with Crippen LogP contribution in [-0.4, -0.2) is 29.5 Å². The Kier molecular flexibility index (Phi) is 5.98. The van der Waals surface area contributed by atoms with E-state index in [2.05, 4.69) is 10.3 Å². The lowest BCUT2D eigenvalue weighted by Gasteiger charge is -2.19. The van der Waals surface area contributed by atoms with Crippen molar-refractivity contribution in [2.24, 2.45) is 0 Å². The van der Waals surface area contributed by atoms with Crippen LogP contribution >= 0.6 is 0 Å². The number of aromatic nitrogens is 1. The molecule has 4 rings (SSSR count). The van der Waals surface area contributed by atoms with Gasteiger partial charge in [0.05, 0.1) is 12.0 Å². The van der Waals surface area contributed by atoms with Gasteiger partial charge in [0.15, 0.2) is 6.61 Å². The summed E-state index contributed by atoms with van der Waals surface area (Å²) in [5, 5.41) is 15.0. The summed E-state index contributed by atoms with van der Waals surface area (Å²) in [5.74, 6) is -1.34. The topological polar surface area (TPSA) is 94.2 Å². The third-order valence-corrected chi connectivity index (χ3v) is 5.05. The van der Waals surface area contributed by atoms with Crippen LogP contribution < -0.4 is 15.2 Å². The van der Waals surface area contributed by atoms with E-state index in [0.29, 0.717) is 5.75 Å². The van der Waals surface area contributed by atoms with E-state index >= 15 is 0 Å². The average Bonchev–Trinajstić information content (AvgIpc) is 3.21. The smallest absolute Gasteiger partial charge is 0.258 e. The van der Waals surface area contributed by atoms with Gasteiger partial charge in [0, 0.05) is 23.5 Å². The summed E-state index contributed by atoms with van der Waals surface area (Å²) in [6, 6.07) is 23.7. The van der Waals surface area contributed by atoms with Gasteiger partial charge >= 0.3 is 0 Å². The number of para-hydroxylation sites is 1. The van der Waals surface area contributed by atoms with Gasteiger partial charge in [-0.3, -0.25) is 4.79 Å². The normalized spacial score (nSPS) is 11.7. The number of hydrogen-bond donors (Lipinski definition) is 2. The Morgan fingerprint density at radius 2 is 1.58 bits per heavy atom. The van der Waals surface area contributed by atoms with E-state index in [4.69, 9.17) is 4.74 Å². The van der Waals surface area contributed by atoms with Crippen molar-refractivity contribution < 1.29 is 19.4 Å². The maximum atomic E-state index is 12.3. The van der Waals surface area contributed by atoms with E-state index in [9.17, 15) is 14.7 Å². The van der Waals surface area contributed by atoms with E-state index in [-0.39, 0.29) is 13.0 Å². The number of H-pyrrole nitrogens is 1. The van der Waals surface area contributed by atoms with Gasteiger partial charge in [-0.05, 0) is 34.9 Å². The van der Waals surface area contributed by atoms with Crippen LogP contribution in [0.4, 0.5) is 0 Å². The fraction of sp³-hybridized carbons (Fsp3) is 0.120. The fourth-order valence-corrected chi connectivity index (χ4v) is 3.47. The van der Waals surface area contributed by atoms with Gasteiger partial charge in [-0.25, -0.2) is 0 Å². The minimum Gasteiger partial charge on any atom is -0.548 e. The summed E-state index contributed by atoms with van der Waals surface area (Å²) in [6.07, 6.45) is 1.86. The number of carbonyl (C=O) groups is 2. The second-order valence-corrected chi connectivity index (χ2v) is 7.18. The third kappa shape index (κ3) is 4.93. The molecule has 0 saturated carbocycles. The van der Waals surface area contributed by atoms with Gasteiger partial charge in [0.25, 0.3) is 5.91 Å². The number of ether oxygens (including phenoxy) is 1. The van der Waals surface area contributed by atoms with Gasteiger partial charge in [0.2, 0.25) is 0 Å². The first-order chi connectivity index (χ1) is 15.1. The van der Waals surface area contributed by atoms with Crippen LogP contribution in [0.25, 0.3) is 22.0 Å². The quantitative estimate of drug-likeness (QED) is 0.464. The number of rotatable bonds is 8. The van der Waals surface area contributed by atoms with Crippen LogP contribution in [0.1, 0.15) is 5.56 Å². The minimum atomic E-state index is -1.34. The molecule has 0 fully saturated rings. The van der Waals surface area contributed by atoms with Crippen molar-refractivity contribution in [3.63, 3.8) is 0 Å². The molecule has 0 spiro atoms. The molecule has 3 aromatic carbocycles. The predicted octanol–water partition coefficient (Wildman–Crippen LogP) is 2.69. The molecule has 6 nitrogen and oxygen atoms in total. The van der Waals surface area contributed by atoms with E-state index in [1.807, 2.05) is 66.7 Å². The predicted molar refractivity (Wildman–Crippen MR) is 116 cm³/mol. The molecule has 0 aliphatic rings. The molecule has 31 heavy (non-hydrogen) atoms. The van der Waals surface area contributed by atoms with Crippen LogP contribution in [0, 0.1) is 0 Å². The molecule has 0 aliphatic heterocycles. The second kappa shape index (κ2) is 9.17. The number of carboxylic acid groups (broad SMARTS) is 1. The monoisotopic (exact) mass is 413 g/mol. The van der Waals surface area contributed by atoms with Crippen molar-refractivity contribution in [3.8, 4) is 16.9 Å². The molecular weight excluding hydrogens is 392 g/mol. The maximum Gasteiger partial charge on any atom is 0.258 e. The lowest BCUT2D eigenvalue weighted by Crippen LogP contribution is -2.50. The van der Waals surface area contributed by atoms with E-state index in [1.165, 1.54) is 0 Å². The largest absolute Gasteiger partial charge is 0.548 e. The summed E-state index contributed by atoms with van der Waals surface area (Å²) in [6.45, 7) is -0.289. The van der Waals surface area contributed by atoms with E-state index < -0.39 is 17.9 Å². The molecule has 1 unspecified atom stereocenters. The molecular formula is C25H21N2O4-. The number of carboxylic acids is 1. The first-order valence-corrected chi connectivity index (χ1v) is 9.93. The Balaban J connectivity index is 1.35. The molecule has 6 heteroatoms. The van der Waals surface area contributed by atoms with E-state index in [1.54, 1.807) is 18.3 Å². The Labute approximate surface area is 179 Å². The number of hydrogen-bond acceptors (Lipinski definition) is 4. The number of nitrogens with one attached hydrogen (secondary N) is 2. The minimum absolute atomic E-state index is 0.115. The zero-order valence-electron chi connectivity index (χ0n) is 16.7. The molecule has 0 aliphatic carbocycles. The van der Waals surface area contributed by atoms with Crippen LogP contribution in [0.5, 0.6) is 5.75 Å². The maximum absolute atomic E-state index is 12.3. The van der Waals surface area contributed by atoms with Crippen molar-refractivity contribution in [1.29, 1.82) is 0 Å². The fourth-order valence-electron chi connectivity index (χ4n) is 3.47. The van der Waals surface area contributed by atoms with Gasteiger partial charge in [-0.1, -0.05) is 60.7 Å². The van der Waals surface area contributed by atoms with Crippen molar-refractivity contribution in [3.05, 3.63) is 90.6 Å². The number of aromatic amines is 1. The summed E-state index contributed by atoms with van der Waals surface area (Å²) in [5.41, 5.74) is 3.82. The number of aliphatic carboxylic acids is 1. The highest BCUT2D eigenvalue weighted by molar-refractivity contribution is 5.86. The average molecular weight is 413 g/mol. The van der Waals surface area contributed by atoms with Gasteiger partial charge in [-0.15, -0.1) is 0 Å².